The quantitative estimate of drug-likeness (QED) is 0.684. The first-order valence-electron chi connectivity index (χ1n) is 8.43. The van der Waals surface area contributed by atoms with E-state index in [4.69, 9.17) is 9.47 Å². The van der Waals surface area contributed by atoms with Gasteiger partial charge in [0.05, 0.1) is 12.7 Å². The summed E-state index contributed by atoms with van der Waals surface area (Å²) in [4.78, 5) is 0. The Hall–Kier alpha value is -2.16. The predicted octanol–water partition coefficient (Wildman–Crippen LogP) is 5.26. The second-order valence-corrected chi connectivity index (χ2v) is 5.71. The van der Waals surface area contributed by atoms with Gasteiger partial charge in [-0.05, 0) is 61.7 Å². The summed E-state index contributed by atoms with van der Waals surface area (Å²) in [7, 11) is 0. The Bertz CT molecular complexity index is 580. The van der Waals surface area contributed by atoms with Crippen LogP contribution in [0.4, 0.5) is 5.69 Å². The molecule has 3 nitrogen and oxygen atoms in total. The van der Waals surface area contributed by atoms with Gasteiger partial charge in [0.15, 0.2) is 0 Å². The van der Waals surface area contributed by atoms with E-state index in [0.717, 1.165) is 43.2 Å². The van der Waals surface area contributed by atoms with Crippen molar-refractivity contribution >= 4 is 5.69 Å². The Labute approximate surface area is 139 Å². The third-order valence-corrected chi connectivity index (χ3v) is 3.63. The SMILES string of the molecule is CCCOc1cccc(CNc2ccc(OC(C)CC)cc2)c1. The second-order valence-electron chi connectivity index (χ2n) is 5.71. The van der Waals surface area contributed by atoms with Crippen LogP contribution in [0.2, 0.25) is 0 Å². The van der Waals surface area contributed by atoms with Crippen LogP contribution in [0.15, 0.2) is 48.5 Å². The summed E-state index contributed by atoms with van der Waals surface area (Å²) in [6, 6.07) is 16.3. The average molecular weight is 313 g/mol. The van der Waals surface area contributed by atoms with Gasteiger partial charge in [-0.2, -0.15) is 0 Å². The Morgan fingerprint density at radius 2 is 1.78 bits per heavy atom. The molecule has 0 radical (unpaired) electrons. The Kier molecular flexibility index (Phi) is 6.79. The summed E-state index contributed by atoms with van der Waals surface area (Å²) >= 11 is 0. The van der Waals surface area contributed by atoms with Crippen molar-refractivity contribution in [3.8, 4) is 11.5 Å². The van der Waals surface area contributed by atoms with Crippen LogP contribution in [0, 0.1) is 0 Å². The topological polar surface area (TPSA) is 30.5 Å². The zero-order valence-electron chi connectivity index (χ0n) is 14.3. The summed E-state index contributed by atoms with van der Waals surface area (Å²) < 4.78 is 11.5. The number of anilines is 1. The molecule has 0 bridgehead atoms. The Morgan fingerprint density at radius 1 is 1.00 bits per heavy atom. The molecule has 0 amide bonds. The molecular formula is C20H27NO2. The van der Waals surface area contributed by atoms with E-state index in [2.05, 4.69) is 50.4 Å². The molecule has 2 aromatic rings. The number of hydrogen-bond acceptors (Lipinski definition) is 3. The maximum absolute atomic E-state index is 5.79. The summed E-state index contributed by atoms with van der Waals surface area (Å²) in [5.74, 6) is 1.85. The minimum atomic E-state index is 0.250. The first-order valence-corrected chi connectivity index (χ1v) is 8.43. The van der Waals surface area contributed by atoms with E-state index >= 15 is 0 Å². The zero-order chi connectivity index (χ0) is 16.5. The summed E-state index contributed by atoms with van der Waals surface area (Å²) in [6.07, 6.45) is 2.28. The van der Waals surface area contributed by atoms with Crippen LogP contribution in [0.25, 0.3) is 0 Å². The van der Waals surface area contributed by atoms with Gasteiger partial charge in [-0.1, -0.05) is 26.0 Å². The van der Waals surface area contributed by atoms with E-state index in [9.17, 15) is 0 Å². The van der Waals surface area contributed by atoms with Crippen molar-refractivity contribution in [3.63, 3.8) is 0 Å². The van der Waals surface area contributed by atoms with Gasteiger partial charge in [0.2, 0.25) is 0 Å². The van der Waals surface area contributed by atoms with Crippen LogP contribution < -0.4 is 14.8 Å². The van der Waals surface area contributed by atoms with Crippen LogP contribution in [0.3, 0.4) is 0 Å². The van der Waals surface area contributed by atoms with Gasteiger partial charge in [-0.15, -0.1) is 0 Å². The first-order chi connectivity index (χ1) is 11.2. The fraction of sp³-hybridized carbons (Fsp3) is 0.400. The average Bonchev–Trinajstić information content (AvgIpc) is 2.59. The standard InChI is InChI=1S/C20H27NO2/c1-4-13-22-20-8-6-7-17(14-20)15-21-18-9-11-19(12-10-18)23-16(3)5-2/h6-12,14,16,21H,4-5,13,15H2,1-3H3. The third kappa shape index (κ3) is 5.85. The summed E-state index contributed by atoms with van der Waals surface area (Å²) in [5, 5.41) is 3.43. The molecule has 0 aromatic heterocycles. The number of ether oxygens (including phenoxy) is 2. The minimum Gasteiger partial charge on any atom is -0.494 e. The zero-order valence-corrected chi connectivity index (χ0v) is 14.3. The molecule has 0 aliphatic carbocycles. The molecule has 2 rings (SSSR count). The maximum atomic E-state index is 5.79. The smallest absolute Gasteiger partial charge is 0.119 e. The van der Waals surface area contributed by atoms with Crippen molar-refractivity contribution in [2.45, 2.75) is 46.3 Å². The van der Waals surface area contributed by atoms with Crippen molar-refractivity contribution in [2.24, 2.45) is 0 Å². The monoisotopic (exact) mass is 313 g/mol. The molecule has 0 aliphatic rings. The minimum absolute atomic E-state index is 0.250. The third-order valence-electron chi connectivity index (χ3n) is 3.63. The lowest BCUT2D eigenvalue weighted by molar-refractivity contribution is 0.217. The molecule has 0 saturated heterocycles. The maximum Gasteiger partial charge on any atom is 0.119 e. The molecular weight excluding hydrogens is 286 g/mol. The molecule has 0 spiro atoms. The number of rotatable bonds is 9. The lowest BCUT2D eigenvalue weighted by Gasteiger charge is -2.13. The van der Waals surface area contributed by atoms with Gasteiger partial charge in [0.1, 0.15) is 11.5 Å². The molecule has 1 N–H and O–H groups in total. The Morgan fingerprint density at radius 3 is 2.48 bits per heavy atom. The molecule has 1 atom stereocenters. The lowest BCUT2D eigenvalue weighted by Crippen LogP contribution is -2.09. The van der Waals surface area contributed by atoms with Crippen molar-refractivity contribution in [3.05, 3.63) is 54.1 Å². The van der Waals surface area contributed by atoms with E-state index in [0.29, 0.717) is 0 Å². The number of nitrogens with one attached hydrogen (secondary N) is 1. The largest absolute Gasteiger partial charge is 0.494 e. The highest BCUT2D eigenvalue weighted by Crippen LogP contribution is 2.19. The predicted molar refractivity (Wildman–Crippen MR) is 96.4 cm³/mol. The van der Waals surface area contributed by atoms with Crippen LogP contribution in [0.1, 0.15) is 39.2 Å². The van der Waals surface area contributed by atoms with Gasteiger partial charge in [0, 0.05) is 12.2 Å². The van der Waals surface area contributed by atoms with Gasteiger partial charge in [0.25, 0.3) is 0 Å². The molecule has 0 fully saturated rings. The summed E-state index contributed by atoms with van der Waals surface area (Å²) in [5.41, 5.74) is 2.29. The van der Waals surface area contributed by atoms with Gasteiger partial charge >= 0.3 is 0 Å². The van der Waals surface area contributed by atoms with Gasteiger partial charge in [-0.25, -0.2) is 0 Å². The molecule has 23 heavy (non-hydrogen) atoms. The van der Waals surface area contributed by atoms with Crippen molar-refractivity contribution in [1.82, 2.24) is 0 Å². The van der Waals surface area contributed by atoms with E-state index in [1.165, 1.54) is 5.56 Å². The van der Waals surface area contributed by atoms with Gasteiger partial charge < -0.3 is 14.8 Å². The molecule has 0 saturated carbocycles. The highest BCUT2D eigenvalue weighted by Gasteiger charge is 2.01. The van der Waals surface area contributed by atoms with Crippen molar-refractivity contribution in [2.75, 3.05) is 11.9 Å². The van der Waals surface area contributed by atoms with Crippen LogP contribution in [0.5, 0.6) is 11.5 Å². The lowest BCUT2D eigenvalue weighted by atomic mass is 10.2. The van der Waals surface area contributed by atoms with Crippen molar-refractivity contribution in [1.29, 1.82) is 0 Å². The molecule has 3 heteroatoms. The fourth-order valence-electron chi connectivity index (χ4n) is 2.14. The number of benzene rings is 2. The first kappa shape index (κ1) is 17.2. The van der Waals surface area contributed by atoms with E-state index in [1.54, 1.807) is 0 Å². The van der Waals surface area contributed by atoms with E-state index in [1.807, 2.05) is 24.3 Å². The van der Waals surface area contributed by atoms with E-state index in [-0.39, 0.29) is 6.10 Å². The summed E-state index contributed by atoms with van der Waals surface area (Å²) in [6.45, 7) is 7.85. The van der Waals surface area contributed by atoms with Gasteiger partial charge in [-0.3, -0.25) is 0 Å². The molecule has 2 aromatic carbocycles. The Balaban J connectivity index is 1.88. The highest BCUT2D eigenvalue weighted by molar-refractivity contribution is 5.47. The molecule has 0 aliphatic heterocycles. The number of hydrogen-bond donors (Lipinski definition) is 1. The normalized spacial score (nSPS) is 11.8. The van der Waals surface area contributed by atoms with Crippen LogP contribution in [-0.4, -0.2) is 12.7 Å². The van der Waals surface area contributed by atoms with E-state index < -0.39 is 0 Å². The molecule has 124 valence electrons. The van der Waals surface area contributed by atoms with Crippen LogP contribution in [-0.2, 0) is 6.54 Å². The second kappa shape index (κ2) is 9.09. The van der Waals surface area contributed by atoms with Crippen molar-refractivity contribution < 1.29 is 9.47 Å². The highest BCUT2D eigenvalue weighted by atomic mass is 16.5. The van der Waals surface area contributed by atoms with Crippen LogP contribution >= 0.6 is 0 Å². The molecule has 1 unspecified atom stereocenters. The fourth-order valence-corrected chi connectivity index (χ4v) is 2.14. The molecule has 0 heterocycles.